The van der Waals surface area contributed by atoms with Crippen molar-refractivity contribution in [1.82, 2.24) is 14.8 Å². The quantitative estimate of drug-likeness (QED) is 0.854. The maximum absolute atomic E-state index is 12.7. The number of carbonyl (C=O) groups excluding carboxylic acids is 2. The van der Waals surface area contributed by atoms with Crippen molar-refractivity contribution in [1.29, 1.82) is 0 Å². The number of hydrogen-bond acceptors (Lipinski definition) is 3. The molecule has 0 bridgehead atoms. The highest BCUT2D eigenvalue weighted by atomic mass is 16.2. The maximum Gasteiger partial charge on any atom is 0.245 e. The minimum atomic E-state index is -0.220. The molecule has 0 N–H and O–H groups in total. The summed E-state index contributed by atoms with van der Waals surface area (Å²) in [5, 5.41) is 0. The molecule has 2 aliphatic heterocycles. The van der Waals surface area contributed by atoms with E-state index in [9.17, 15) is 9.59 Å². The minimum Gasteiger partial charge on any atom is -0.341 e. The van der Waals surface area contributed by atoms with Crippen molar-refractivity contribution in [3.8, 4) is 0 Å². The van der Waals surface area contributed by atoms with Gasteiger partial charge in [-0.2, -0.15) is 0 Å². The molecular formula is C19H27N3O2. The Morgan fingerprint density at radius 2 is 1.96 bits per heavy atom. The molecular weight excluding hydrogens is 302 g/mol. The number of hydrogen-bond donors (Lipinski definition) is 0. The van der Waals surface area contributed by atoms with Gasteiger partial charge in [-0.1, -0.05) is 0 Å². The minimum absolute atomic E-state index is 0.0220. The van der Waals surface area contributed by atoms with Gasteiger partial charge in [0.1, 0.15) is 6.04 Å². The number of rotatable bonds is 3. The molecule has 5 heteroatoms. The number of pyridine rings is 1. The third kappa shape index (κ3) is 3.77. The van der Waals surface area contributed by atoms with Crippen LogP contribution in [0.1, 0.15) is 43.9 Å². The molecule has 1 aromatic rings. The van der Waals surface area contributed by atoms with E-state index in [1.54, 1.807) is 11.8 Å². The molecule has 2 amide bonds. The summed E-state index contributed by atoms with van der Waals surface area (Å²) in [4.78, 5) is 32.4. The van der Waals surface area contributed by atoms with Gasteiger partial charge in [-0.3, -0.25) is 14.6 Å². The van der Waals surface area contributed by atoms with Crippen LogP contribution >= 0.6 is 0 Å². The Balaban J connectivity index is 1.53. The molecule has 2 fully saturated rings. The second-order valence-electron chi connectivity index (χ2n) is 7.15. The van der Waals surface area contributed by atoms with Crippen LogP contribution in [0, 0.1) is 12.8 Å². The molecule has 5 nitrogen and oxygen atoms in total. The summed E-state index contributed by atoms with van der Waals surface area (Å²) in [7, 11) is 0. The molecule has 3 rings (SSSR count). The van der Waals surface area contributed by atoms with Gasteiger partial charge in [-0.05, 0) is 62.6 Å². The first-order valence-corrected chi connectivity index (χ1v) is 9.02. The van der Waals surface area contributed by atoms with Crippen LogP contribution in [0.4, 0.5) is 0 Å². The van der Waals surface area contributed by atoms with Crippen LogP contribution in [0.5, 0.6) is 0 Å². The first kappa shape index (κ1) is 16.9. The van der Waals surface area contributed by atoms with Crippen LogP contribution in [-0.4, -0.2) is 52.3 Å². The lowest BCUT2D eigenvalue weighted by atomic mass is 9.90. The van der Waals surface area contributed by atoms with Gasteiger partial charge in [-0.15, -0.1) is 0 Å². The summed E-state index contributed by atoms with van der Waals surface area (Å²) in [6, 6.07) is 4.02. The molecule has 1 atom stereocenters. The molecule has 0 aliphatic carbocycles. The molecule has 130 valence electrons. The third-order valence-corrected chi connectivity index (χ3v) is 5.35. The molecule has 0 spiro atoms. The van der Waals surface area contributed by atoms with Crippen molar-refractivity contribution in [2.45, 2.75) is 52.0 Å². The van der Waals surface area contributed by atoms with Crippen LogP contribution in [0.15, 0.2) is 18.3 Å². The molecule has 3 heterocycles. The monoisotopic (exact) mass is 329 g/mol. The topological polar surface area (TPSA) is 53.5 Å². The van der Waals surface area contributed by atoms with Crippen molar-refractivity contribution >= 4 is 11.8 Å². The Morgan fingerprint density at radius 3 is 2.62 bits per heavy atom. The van der Waals surface area contributed by atoms with Crippen molar-refractivity contribution in [2.75, 3.05) is 19.6 Å². The number of carbonyl (C=O) groups is 2. The molecule has 24 heavy (non-hydrogen) atoms. The SMILES string of the molecule is CC(=O)N1CCC[C@H]1C(=O)N1CCC(Cc2ccnc(C)c2)CC1. The number of amides is 2. The predicted molar refractivity (Wildman–Crippen MR) is 92.4 cm³/mol. The fraction of sp³-hybridized carbons (Fsp3) is 0.632. The fourth-order valence-electron chi connectivity index (χ4n) is 4.03. The number of nitrogens with zero attached hydrogens (tertiary/aromatic N) is 3. The first-order chi connectivity index (χ1) is 11.5. The van der Waals surface area contributed by atoms with E-state index in [4.69, 9.17) is 0 Å². The Kier molecular flexibility index (Phi) is 5.17. The highest BCUT2D eigenvalue weighted by Gasteiger charge is 2.36. The Labute approximate surface area is 144 Å². The van der Waals surface area contributed by atoms with Gasteiger partial charge in [0.15, 0.2) is 0 Å². The van der Waals surface area contributed by atoms with Gasteiger partial charge in [0.25, 0.3) is 0 Å². The Morgan fingerprint density at radius 1 is 1.21 bits per heavy atom. The summed E-state index contributed by atoms with van der Waals surface area (Å²) in [5.74, 6) is 0.804. The highest BCUT2D eigenvalue weighted by Crippen LogP contribution is 2.25. The van der Waals surface area contributed by atoms with Gasteiger partial charge in [0, 0.05) is 38.4 Å². The zero-order chi connectivity index (χ0) is 17.1. The number of piperidine rings is 1. The summed E-state index contributed by atoms with van der Waals surface area (Å²) < 4.78 is 0. The molecule has 0 saturated carbocycles. The smallest absolute Gasteiger partial charge is 0.245 e. The lowest BCUT2D eigenvalue weighted by Crippen LogP contribution is -2.49. The summed E-state index contributed by atoms with van der Waals surface area (Å²) in [5.41, 5.74) is 2.40. The third-order valence-electron chi connectivity index (χ3n) is 5.35. The maximum atomic E-state index is 12.7. The van der Waals surface area contributed by atoms with Crippen LogP contribution in [0.3, 0.4) is 0 Å². The second kappa shape index (κ2) is 7.32. The molecule has 0 aromatic carbocycles. The fourth-order valence-corrected chi connectivity index (χ4v) is 4.03. The van der Waals surface area contributed by atoms with Crippen LogP contribution < -0.4 is 0 Å². The normalized spacial score (nSPS) is 22.0. The standard InChI is InChI=1S/C19H27N3O2/c1-14-12-17(5-8-20-14)13-16-6-10-21(11-7-16)19(24)18-4-3-9-22(18)15(2)23/h5,8,12,16,18H,3-4,6-7,9-11,13H2,1-2H3/t18-/m0/s1. The van der Waals surface area contributed by atoms with Crippen LogP contribution in [0.25, 0.3) is 0 Å². The van der Waals surface area contributed by atoms with Gasteiger partial charge in [-0.25, -0.2) is 0 Å². The highest BCUT2D eigenvalue weighted by molar-refractivity contribution is 5.87. The van der Waals surface area contributed by atoms with Gasteiger partial charge >= 0.3 is 0 Å². The largest absolute Gasteiger partial charge is 0.341 e. The van der Waals surface area contributed by atoms with Crippen LogP contribution in [0.2, 0.25) is 0 Å². The van der Waals surface area contributed by atoms with Crippen molar-refractivity contribution < 1.29 is 9.59 Å². The molecule has 2 saturated heterocycles. The average molecular weight is 329 g/mol. The Bertz CT molecular complexity index is 608. The Hall–Kier alpha value is -1.91. The van der Waals surface area contributed by atoms with Crippen molar-refractivity contribution in [2.24, 2.45) is 5.92 Å². The predicted octanol–water partition coefficient (Wildman–Crippen LogP) is 2.18. The van der Waals surface area contributed by atoms with E-state index < -0.39 is 0 Å². The van der Waals surface area contributed by atoms with Crippen molar-refractivity contribution in [3.63, 3.8) is 0 Å². The lowest BCUT2D eigenvalue weighted by Gasteiger charge is -2.35. The van der Waals surface area contributed by atoms with E-state index in [2.05, 4.69) is 17.1 Å². The summed E-state index contributed by atoms with van der Waals surface area (Å²) in [6.07, 6.45) is 6.77. The van der Waals surface area contributed by atoms with Gasteiger partial charge < -0.3 is 9.80 Å². The van der Waals surface area contributed by atoms with E-state index >= 15 is 0 Å². The molecule has 0 radical (unpaired) electrons. The van der Waals surface area contributed by atoms with E-state index in [1.165, 1.54) is 5.56 Å². The van der Waals surface area contributed by atoms with Crippen LogP contribution in [-0.2, 0) is 16.0 Å². The van der Waals surface area contributed by atoms with Crippen molar-refractivity contribution in [3.05, 3.63) is 29.6 Å². The molecule has 1 aromatic heterocycles. The lowest BCUT2D eigenvalue weighted by molar-refractivity contribution is -0.143. The van der Waals surface area contributed by atoms with E-state index in [0.717, 1.165) is 57.4 Å². The summed E-state index contributed by atoms with van der Waals surface area (Å²) >= 11 is 0. The van der Waals surface area contributed by atoms with E-state index in [-0.39, 0.29) is 17.9 Å². The molecule has 2 aliphatic rings. The zero-order valence-corrected chi connectivity index (χ0v) is 14.7. The number of aryl methyl sites for hydroxylation is 1. The first-order valence-electron chi connectivity index (χ1n) is 9.02. The average Bonchev–Trinajstić information content (AvgIpc) is 3.05. The molecule has 0 unspecified atom stereocenters. The zero-order valence-electron chi connectivity index (χ0n) is 14.7. The second-order valence-corrected chi connectivity index (χ2v) is 7.15. The number of likely N-dealkylation sites (tertiary alicyclic amines) is 2. The van der Waals surface area contributed by atoms with Gasteiger partial charge in [0.05, 0.1) is 0 Å². The van der Waals surface area contributed by atoms with E-state index in [0.29, 0.717) is 5.92 Å². The van der Waals surface area contributed by atoms with E-state index in [1.807, 2.05) is 18.0 Å². The van der Waals surface area contributed by atoms with Gasteiger partial charge in [0.2, 0.25) is 11.8 Å². The number of aromatic nitrogens is 1. The summed E-state index contributed by atoms with van der Waals surface area (Å²) in [6.45, 7) is 5.94.